The summed E-state index contributed by atoms with van der Waals surface area (Å²) in [5, 5.41) is 2.60. The van der Waals surface area contributed by atoms with Crippen LogP contribution in [0.2, 0.25) is 0 Å². The van der Waals surface area contributed by atoms with Gasteiger partial charge in [0.25, 0.3) is 0 Å². The zero-order valence-electron chi connectivity index (χ0n) is 26.9. The molecular weight excluding hydrogens is 603 g/mol. The van der Waals surface area contributed by atoms with Gasteiger partial charge in [-0.15, -0.1) is 11.3 Å². The van der Waals surface area contributed by atoms with Gasteiger partial charge in [-0.1, -0.05) is 148 Å². The Balaban J connectivity index is 1.24. The molecule has 1 atom stereocenters. The van der Waals surface area contributed by atoms with Gasteiger partial charge in [-0.25, -0.2) is 15.0 Å². The minimum absolute atomic E-state index is 0.0588. The lowest BCUT2D eigenvalue weighted by atomic mass is 9.76. The van der Waals surface area contributed by atoms with E-state index in [4.69, 9.17) is 15.0 Å². The number of nitrogens with zero attached hydrogens (tertiary/aromatic N) is 3. The second-order valence-corrected chi connectivity index (χ2v) is 13.9. The highest BCUT2D eigenvalue weighted by atomic mass is 32.1. The van der Waals surface area contributed by atoms with Crippen LogP contribution in [0.3, 0.4) is 0 Å². The first-order valence-corrected chi connectivity index (χ1v) is 17.5. The third kappa shape index (κ3) is 4.51. The molecule has 4 heteroatoms. The normalized spacial score (nSPS) is 15.1. The van der Waals surface area contributed by atoms with E-state index in [1.54, 1.807) is 0 Å². The second-order valence-electron chi connectivity index (χ2n) is 12.9. The number of aromatic nitrogens is 3. The van der Waals surface area contributed by atoms with Crippen LogP contribution in [0.4, 0.5) is 0 Å². The Kier molecular flexibility index (Phi) is 6.80. The van der Waals surface area contributed by atoms with Crippen LogP contribution in [0, 0.1) is 0 Å². The lowest BCUT2D eigenvalue weighted by Gasteiger charge is -2.27. The molecule has 48 heavy (non-hydrogen) atoms. The predicted molar refractivity (Wildman–Crippen MR) is 201 cm³/mol. The number of fused-ring (bicyclic) bond motifs is 6. The van der Waals surface area contributed by atoms with Crippen molar-refractivity contribution in [1.82, 2.24) is 15.0 Å². The Hall–Kier alpha value is -5.45. The molecule has 0 N–H and O–H groups in total. The molecule has 2 aromatic heterocycles. The topological polar surface area (TPSA) is 38.7 Å². The molecule has 1 unspecified atom stereocenters. The molecule has 0 radical (unpaired) electrons. The highest BCUT2D eigenvalue weighted by molar-refractivity contribution is 7.26. The number of benzene rings is 6. The second kappa shape index (κ2) is 11.4. The smallest absolute Gasteiger partial charge is 0.164 e. The molecule has 0 fully saturated rings. The Morgan fingerprint density at radius 2 is 1.12 bits per heavy atom. The van der Waals surface area contributed by atoms with E-state index in [1.807, 2.05) is 29.5 Å². The maximum absolute atomic E-state index is 5.26. The quantitative estimate of drug-likeness (QED) is 0.182. The first-order valence-electron chi connectivity index (χ1n) is 16.7. The van der Waals surface area contributed by atoms with Crippen LogP contribution in [0.5, 0.6) is 0 Å². The molecule has 9 rings (SSSR count). The third-order valence-corrected chi connectivity index (χ3v) is 11.2. The van der Waals surface area contributed by atoms with Gasteiger partial charge in [-0.05, 0) is 51.9 Å². The summed E-state index contributed by atoms with van der Waals surface area (Å²) in [4.78, 5) is 15.5. The lowest BCUT2D eigenvalue weighted by Crippen LogP contribution is -2.20. The highest BCUT2D eigenvalue weighted by Crippen LogP contribution is 2.53. The summed E-state index contributed by atoms with van der Waals surface area (Å²) in [5.41, 5.74) is 10.6. The van der Waals surface area contributed by atoms with Crippen molar-refractivity contribution in [1.29, 1.82) is 0 Å². The first kappa shape index (κ1) is 28.7. The zero-order chi connectivity index (χ0) is 32.2. The van der Waals surface area contributed by atoms with Crippen molar-refractivity contribution in [2.24, 2.45) is 0 Å². The maximum Gasteiger partial charge on any atom is 0.164 e. The molecule has 0 saturated carbocycles. The van der Waals surface area contributed by atoms with Crippen LogP contribution in [0.25, 0.3) is 76.6 Å². The molecule has 0 amide bonds. The van der Waals surface area contributed by atoms with Gasteiger partial charge in [-0.3, -0.25) is 0 Å². The van der Waals surface area contributed by atoms with Crippen molar-refractivity contribution in [2.75, 3.05) is 0 Å². The van der Waals surface area contributed by atoms with Crippen molar-refractivity contribution in [3.05, 3.63) is 151 Å². The van der Waals surface area contributed by atoms with Crippen LogP contribution in [-0.4, -0.2) is 15.0 Å². The van der Waals surface area contributed by atoms with Crippen molar-refractivity contribution in [2.45, 2.75) is 32.1 Å². The Labute approximate surface area is 284 Å². The molecule has 230 valence electrons. The molecule has 3 nitrogen and oxygen atoms in total. The summed E-state index contributed by atoms with van der Waals surface area (Å²) in [7, 11) is 0. The number of thiophene rings is 1. The van der Waals surface area contributed by atoms with Crippen molar-refractivity contribution < 1.29 is 0 Å². The molecule has 0 aliphatic heterocycles. The van der Waals surface area contributed by atoms with Gasteiger partial charge in [0.1, 0.15) is 0 Å². The molecule has 0 bridgehead atoms. The molecule has 0 spiro atoms. The number of hydrogen-bond acceptors (Lipinski definition) is 4. The highest BCUT2D eigenvalue weighted by Gasteiger charge is 2.40. The van der Waals surface area contributed by atoms with Crippen molar-refractivity contribution >= 4 is 31.5 Å². The molecule has 0 saturated heterocycles. The van der Waals surface area contributed by atoms with E-state index >= 15 is 0 Å². The summed E-state index contributed by atoms with van der Waals surface area (Å²) >= 11 is 1.85. The average molecular weight is 636 g/mol. The summed E-state index contributed by atoms with van der Waals surface area (Å²) in [6, 6.07) is 49.7. The lowest BCUT2D eigenvalue weighted by molar-refractivity contribution is 0.524. The molecule has 1 aliphatic carbocycles. The van der Waals surface area contributed by atoms with Crippen LogP contribution in [0.15, 0.2) is 140 Å². The Morgan fingerprint density at radius 3 is 2.00 bits per heavy atom. The minimum Gasteiger partial charge on any atom is -0.208 e. The van der Waals surface area contributed by atoms with Crippen LogP contribution < -0.4 is 0 Å². The van der Waals surface area contributed by atoms with Gasteiger partial charge in [0, 0.05) is 42.3 Å². The molecule has 6 aromatic carbocycles. The van der Waals surface area contributed by atoms with Gasteiger partial charge in [0.15, 0.2) is 17.5 Å². The molecule has 8 aromatic rings. The summed E-state index contributed by atoms with van der Waals surface area (Å²) in [6.07, 6.45) is 2.19. The molecule has 1 aliphatic rings. The van der Waals surface area contributed by atoms with E-state index in [9.17, 15) is 0 Å². The van der Waals surface area contributed by atoms with Crippen molar-refractivity contribution in [3.8, 4) is 56.4 Å². The Morgan fingerprint density at radius 1 is 0.521 bits per heavy atom. The van der Waals surface area contributed by atoms with E-state index in [-0.39, 0.29) is 5.41 Å². The largest absolute Gasteiger partial charge is 0.208 e. The molecular formula is C44H33N3S. The maximum atomic E-state index is 5.26. The van der Waals surface area contributed by atoms with Gasteiger partial charge in [0.05, 0.1) is 0 Å². The first-order chi connectivity index (χ1) is 23.6. The van der Waals surface area contributed by atoms with E-state index in [2.05, 4.69) is 135 Å². The van der Waals surface area contributed by atoms with Crippen LogP contribution >= 0.6 is 11.3 Å². The number of hydrogen-bond donors (Lipinski definition) is 0. The fraction of sp³-hybridized carbons (Fsp3) is 0.114. The van der Waals surface area contributed by atoms with Gasteiger partial charge in [0.2, 0.25) is 0 Å². The standard InChI is InChI=1S/C44H33N3S/c1-3-26-44(2)36-23-9-7-19-34(36)39-35(22-13-24-37(39)44)43-46-41(28-14-5-4-6-15-28)45-42(47-43)30-17-11-16-29(27-30)31-20-12-21-33-32-18-8-10-25-38(32)48-40(31)33/h4-25,27H,3,26H2,1-2H3. The SMILES string of the molecule is CCCC1(C)c2ccccc2-c2c(-c3nc(-c4ccccc4)nc(-c4cccc(-c5cccc6c5sc5ccccc56)c4)n3)cccc21. The predicted octanol–water partition coefficient (Wildman–Crippen LogP) is 12.0. The number of rotatable bonds is 6. The summed E-state index contributed by atoms with van der Waals surface area (Å²) in [5.74, 6) is 2.04. The van der Waals surface area contributed by atoms with Crippen LogP contribution in [0.1, 0.15) is 37.8 Å². The van der Waals surface area contributed by atoms with Gasteiger partial charge < -0.3 is 0 Å². The van der Waals surface area contributed by atoms with E-state index < -0.39 is 0 Å². The van der Waals surface area contributed by atoms with E-state index in [1.165, 1.54) is 48.0 Å². The van der Waals surface area contributed by atoms with Crippen LogP contribution in [-0.2, 0) is 5.41 Å². The minimum atomic E-state index is -0.0588. The fourth-order valence-electron chi connectivity index (χ4n) is 7.73. The van der Waals surface area contributed by atoms with E-state index in [0.717, 1.165) is 35.1 Å². The van der Waals surface area contributed by atoms with Gasteiger partial charge in [-0.2, -0.15) is 0 Å². The monoisotopic (exact) mass is 635 g/mol. The van der Waals surface area contributed by atoms with Gasteiger partial charge >= 0.3 is 0 Å². The zero-order valence-corrected chi connectivity index (χ0v) is 27.8. The van der Waals surface area contributed by atoms with E-state index in [0.29, 0.717) is 17.5 Å². The summed E-state index contributed by atoms with van der Waals surface area (Å²) < 4.78 is 2.60. The molecule has 2 heterocycles. The average Bonchev–Trinajstić information content (AvgIpc) is 3.65. The third-order valence-electron chi connectivity index (χ3n) is 9.94. The van der Waals surface area contributed by atoms with Crippen molar-refractivity contribution in [3.63, 3.8) is 0 Å². The summed E-state index contributed by atoms with van der Waals surface area (Å²) in [6.45, 7) is 4.66. The fourth-order valence-corrected chi connectivity index (χ4v) is 8.97. The Bertz CT molecular complexity index is 2500.